The van der Waals surface area contributed by atoms with Crippen molar-refractivity contribution in [3.8, 4) is 0 Å². The smallest absolute Gasteiger partial charge is 0.275 e. The van der Waals surface area contributed by atoms with Crippen LogP contribution in [0.2, 0.25) is 0 Å². The number of hydrazone groups is 1. The fraction of sp³-hybridized carbons (Fsp3) is 0.100. The molecule has 3 amide bonds. The van der Waals surface area contributed by atoms with Gasteiger partial charge in [-0.15, -0.1) is 0 Å². The molecule has 1 aromatic carbocycles. The lowest BCUT2D eigenvalue weighted by Crippen LogP contribution is -2.24. The number of carbonyl (C=O) groups excluding carboxylic acids is 2. The lowest BCUT2D eigenvalue weighted by molar-refractivity contribution is -0.118. The van der Waals surface area contributed by atoms with E-state index in [4.69, 9.17) is 0 Å². The van der Waals surface area contributed by atoms with E-state index in [1.165, 1.54) is 24.4 Å². The van der Waals surface area contributed by atoms with Gasteiger partial charge in [-0.1, -0.05) is 12.1 Å². The molecule has 2 rings (SSSR count). The predicted molar refractivity (Wildman–Crippen MR) is 54.2 cm³/mol. The van der Waals surface area contributed by atoms with Crippen molar-refractivity contribution >= 4 is 18.2 Å². The Hall–Kier alpha value is -2.24. The molecule has 1 aliphatic heterocycles. The topological polar surface area (TPSA) is 61.8 Å². The number of carbonyl (C=O) groups is 2. The zero-order valence-corrected chi connectivity index (χ0v) is 8.18. The highest BCUT2D eigenvalue weighted by Gasteiger charge is 2.25. The molecule has 1 aromatic rings. The van der Waals surface area contributed by atoms with E-state index in [1.807, 2.05) is 0 Å². The molecule has 0 aromatic heterocycles. The van der Waals surface area contributed by atoms with E-state index in [-0.39, 0.29) is 12.4 Å². The van der Waals surface area contributed by atoms with E-state index in [9.17, 15) is 14.0 Å². The first-order valence-corrected chi connectivity index (χ1v) is 4.56. The van der Waals surface area contributed by atoms with Gasteiger partial charge < -0.3 is 0 Å². The number of imide groups is 1. The molecule has 0 bridgehead atoms. The van der Waals surface area contributed by atoms with Crippen LogP contribution in [0.1, 0.15) is 5.56 Å². The Labute approximate surface area is 90.5 Å². The summed E-state index contributed by atoms with van der Waals surface area (Å²) in [5.74, 6) is -0.785. The van der Waals surface area contributed by atoms with Crippen molar-refractivity contribution in [2.24, 2.45) is 5.10 Å². The number of halogens is 1. The summed E-state index contributed by atoms with van der Waals surface area (Å²) in [6, 6.07) is 5.19. The van der Waals surface area contributed by atoms with Gasteiger partial charge in [-0.25, -0.2) is 14.2 Å². The molecule has 82 valence electrons. The van der Waals surface area contributed by atoms with Crippen LogP contribution in [0.4, 0.5) is 9.18 Å². The molecule has 1 saturated heterocycles. The summed E-state index contributed by atoms with van der Waals surface area (Å²) in [7, 11) is 0. The molecule has 1 heterocycles. The number of nitrogens with zero attached hydrogens (tertiary/aromatic N) is 2. The third-order valence-electron chi connectivity index (χ3n) is 1.97. The van der Waals surface area contributed by atoms with Crippen molar-refractivity contribution in [2.45, 2.75) is 0 Å². The summed E-state index contributed by atoms with van der Waals surface area (Å²) < 4.78 is 12.8. The Balaban J connectivity index is 2.10. The maximum Gasteiger partial charge on any atom is 0.344 e. The van der Waals surface area contributed by atoms with Gasteiger partial charge in [-0.3, -0.25) is 10.1 Å². The first-order valence-electron chi connectivity index (χ1n) is 4.56. The molecular formula is C10H8FN3O2. The van der Waals surface area contributed by atoms with Crippen molar-refractivity contribution in [3.63, 3.8) is 0 Å². The van der Waals surface area contributed by atoms with E-state index in [0.717, 1.165) is 5.01 Å². The quantitative estimate of drug-likeness (QED) is 0.590. The Morgan fingerprint density at radius 1 is 1.44 bits per heavy atom. The molecule has 0 unspecified atom stereocenters. The Kier molecular flexibility index (Phi) is 2.63. The van der Waals surface area contributed by atoms with Gasteiger partial charge in [0.25, 0.3) is 0 Å². The van der Waals surface area contributed by atoms with Gasteiger partial charge in [0.2, 0.25) is 5.91 Å². The van der Waals surface area contributed by atoms with Crippen LogP contribution in [0.3, 0.4) is 0 Å². The number of urea groups is 1. The Morgan fingerprint density at radius 3 is 2.88 bits per heavy atom. The molecule has 0 atom stereocenters. The highest BCUT2D eigenvalue weighted by Crippen LogP contribution is 2.03. The number of benzene rings is 1. The highest BCUT2D eigenvalue weighted by atomic mass is 19.1. The molecule has 6 heteroatoms. The number of rotatable bonds is 2. The summed E-state index contributed by atoms with van der Waals surface area (Å²) in [5, 5.41) is 6.83. The van der Waals surface area contributed by atoms with Crippen LogP contribution in [0.25, 0.3) is 0 Å². The number of hydrogen-bond acceptors (Lipinski definition) is 3. The van der Waals surface area contributed by atoms with Crippen LogP contribution >= 0.6 is 0 Å². The van der Waals surface area contributed by atoms with Crippen LogP contribution in [-0.4, -0.2) is 29.7 Å². The summed E-state index contributed by atoms with van der Waals surface area (Å²) in [6.07, 6.45) is 1.32. The van der Waals surface area contributed by atoms with E-state index in [0.29, 0.717) is 5.56 Å². The van der Waals surface area contributed by atoms with Gasteiger partial charge in [-0.2, -0.15) is 5.10 Å². The standard InChI is InChI=1S/C10H8FN3O2/c11-8-3-1-2-7(4-8)5-12-14-6-9(15)13-10(14)16/h1-5H,6H2,(H,13,15,16)/b12-5-. The van der Waals surface area contributed by atoms with E-state index < -0.39 is 11.9 Å². The van der Waals surface area contributed by atoms with Gasteiger partial charge >= 0.3 is 6.03 Å². The normalized spacial score (nSPS) is 15.9. The second kappa shape index (κ2) is 4.09. The summed E-state index contributed by atoms with van der Waals surface area (Å²) in [5.41, 5.74) is 0.521. The first kappa shape index (κ1) is 10.3. The first-order chi connectivity index (χ1) is 7.65. The van der Waals surface area contributed by atoms with E-state index >= 15 is 0 Å². The lowest BCUT2D eigenvalue weighted by Gasteiger charge is -2.03. The average molecular weight is 221 g/mol. The number of nitrogens with one attached hydrogen (secondary N) is 1. The molecule has 1 aliphatic rings. The summed E-state index contributed by atoms with van der Waals surface area (Å²) >= 11 is 0. The van der Waals surface area contributed by atoms with Crippen molar-refractivity contribution in [2.75, 3.05) is 6.54 Å². The largest absolute Gasteiger partial charge is 0.344 e. The molecule has 0 aliphatic carbocycles. The zero-order valence-electron chi connectivity index (χ0n) is 8.18. The summed E-state index contributed by atoms with van der Waals surface area (Å²) in [6.45, 7) is -0.106. The fourth-order valence-electron chi connectivity index (χ4n) is 1.25. The second-order valence-electron chi connectivity index (χ2n) is 3.21. The number of hydrogen-bond donors (Lipinski definition) is 1. The van der Waals surface area contributed by atoms with Crippen molar-refractivity contribution < 1.29 is 14.0 Å². The van der Waals surface area contributed by atoms with Gasteiger partial charge in [0.1, 0.15) is 12.4 Å². The monoisotopic (exact) mass is 221 g/mol. The molecule has 16 heavy (non-hydrogen) atoms. The average Bonchev–Trinajstić information content (AvgIpc) is 2.54. The van der Waals surface area contributed by atoms with Crippen LogP contribution in [0.15, 0.2) is 29.4 Å². The fourth-order valence-corrected chi connectivity index (χ4v) is 1.25. The Morgan fingerprint density at radius 2 is 2.25 bits per heavy atom. The van der Waals surface area contributed by atoms with Gasteiger partial charge in [-0.05, 0) is 17.7 Å². The minimum absolute atomic E-state index is 0.106. The van der Waals surface area contributed by atoms with Crippen molar-refractivity contribution in [1.82, 2.24) is 10.3 Å². The van der Waals surface area contributed by atoms with Crippen molar-refractivity contribution in [1.29, 1.82) is 0 Å². The number of amides is 3. The molecule has 0 radical (unpaired) electrons. The van der Waals surface area contributed by atoms with Crippen LogP contribution in [-0.2, 0) is 4.79 Å². The molecule has 1 N–H and O–H groups in total. The molecule has 0 spiro atoms. The Bertz CT molecular complexity index is 473. The van der Waals surface area contributed by atoms with Crippen LogP contribution in [0.5, 0.6) is 0 Å². The minimum atomic E-state index is -0.572. The third-order valence-corrected chi connectivity index (χ3v) is 1.97. The molecule has 0 saturated carbocycles. The highest BCUT2D eigenvalue weighted by molar-refractivity contribution is 6.02. The third kappa shape index (κ3) is 2.22. The van der Waals surface area contributed by atoms with Gasteiger partial charge in [0, 0.05) is 0 Å². The van der Waals surface area contributed by atoms with Crippen LogP contribution < -0.4 is 5.32 Å². The predicted octanol–water partition coefficient (Wildman–Crippen LogP) is 0.711. The maximum atomic E-state index is 12.8. The zero-order chi connectivity index (χ0) is 11.5. The minimum Gasteiger partial charge on any atom is -0.275 e. The molecular weight excluding hydrogens is 213 g/mol. The van der Waals surface area contributed by atoms with Crippen LogP contribution in [0, 0.1) is 5.82 Å². The molecule has 5 nitrogen and oxygen atoms in total. The van der Waals surface area contributed by atoms with E-state index in [2.05, 4.69) is 10.4 Å². The van der Waals surface area contributed by atoms with E-state index in [1.54, 1.807) is 6.07 Å². The maximum absolute atomic E-state index is 12.8. The molecule has 1 fully saturated rings. The lowest BCUT2D eigenvalue weighted by atomic mass is 10.2. The van der Waals surface area contributed by atoms with Gasteiger partial charge in [0.05, 0.1) is 6.21 Å². The SMILES string of the molecule is O=C1CN(/N=C\c2cccc(F)c2)C(=O)N1. The summed E-state index contributed by atoms with van der Waals surface area (Å²) in [4.78, 5) is 21.9. The van der Waals surface area contributed by atoms with Crippen molar-refractivity contribution in [3.05, 3.63) is 35.6 Å². The van der Waals surface area contributed by atoms with Gasteiger partial charge in [0.15, 0.2) is 0 Å². The second-order valence-corrected chi connectivity index (χ2v) is 3.21.